The van der Waals surface area contributed by atoms with Crippen LogP contribution in [0.5, 0.6) is 0 Å². The van der Waals surface area contributed by atoms with Crippen LogP contribution in [-0.4, -0.2) is 23.1 Å². The van der Waals surface area contributed by atoms with E-state index in [9.17, 15) is 9.59 Å². The molecule has 4 heteroatoms. The van der Waals surface area contributed by atoms with Gasteiger partial charge >= 0.3 is 11.9 Å². The molecule has 0 aliphatic heterocycles. The van der Waals surface area contributed by atoms with Crippen molar-refractivity contribution in [1.82, 2.24) is 0 Å². The van der Waals surface area contributed by atoms with E-state index in [1.165, 1.54) is 0 Å². The van der Waals surface area contributed by atoms with Crippen molar-refractivity contribution >= 4 is 11.9 Å². The van der Waals surface area contributed by atoms with Crippen LogP contribution in [0.4, 0.5) is 0 Å². The van der Waals surface area contributed by atoms with E-state index in [4.69, 9.17) is 9.47 Å². The van der Waals surface area contributed by atoms with Gasteiger partial charge in [0.05, 0.1) is 11.8 Å². The third-order valence-electron chi connectivity index (χ3n) is 3.65. The molecule has 0 aromatic heterocycles. The van der Waals surface area contributed by atoms with E-state index in [1.807, 2.05) is 48.5 Å². The first kappa shape index (κ1) is 18.7. The molecule has 1 saturated carbocycles. The minimum absolute atomic E-state index is 0.0210. The third kappa shape index (κ3) is 5.47. The summed E-state index contributed by atoms with van der Waals surface area (Å²) in [5.74, 6) is -1.07. The molecule has 0 bridgehead atoms. The quantitative estimate of drug-likeness (QED) is 0.586. The van der Waals surface area contributed by atoms with E-state index in [0.29, 0.717) is 12.8 Å². The van der Waals surface area contributed by atoms with Gasteiger partial charge in [-0.15, -0.1) is 0 Å². The van der Waals surface area contributed by atoms with Gasteiger partial charge in [0.2, 0.25) is 0 Å². The molecule has 1 aliphatic rings. The van der Waals surface area contributed by atoms with Gasteiger partial charge in [-0.1, -0.05) is 12.2 Å². The molecule has 0 amide bonds. The van der Waals surface area contributed by atoms with Crippen molar-refractivity contribution in [2.24, 2.45) is 17.8 Å². The molecule has 1 fully saturated rings. The summed E-state index contributed by atoms with van der Waals surface area (Å²) < 4.78 is 11.0. The summed E-state index contributed by atoms with van der Waals surface area (Å²) in [6, 6.07) is 0. The summed E-state index contributed by atoms with van der Waals surface area (Å²) in [7, 11) is 0. The minimum atomic E-state index is -0.527. The Morgan fingerprint density at radius 1 is 0.864 bits per heavy atom. The van der Waals surface area contributed by atoms with E-state index in [0.717, 1.165) is 5.57 Å². The number of allylic oxidation sites excluding steroid dienone is 1. The van der Waals surface area contributed by atoms with Crippen LogP contribution in [0.3, 0.4) is 0 Å². The fraction of sp³-hybridized carbons (Fsp3) is 0.778. The van der Waals surface area contributed by atoms with Crippen LogP contribution in [0.2, 0.25) is 0 Å². The maximum absolute atomic E-state index is 12.4. The molecular formula is C18H30O4. The fourth-order valence-electron chi connectivity index (χ4n) is 2.80. The van der Waals surface area contributed by atoms with Crippen LogP contribution >= 0.6 is 0 Å². The van der Waals surface area contributed by atoms with Crippen LogP contribution < -0.4 is 0 Å². The predicted octanol–water partition coefficient (Wildman–Crippen LogP) is 3.89. The highest BCUT2D eigenvalue weighted by atomic mass is 16.6. The zero-order valence-electron chi connectivity index (χ0n) is 15.0. The number of ether oxygens (including phenoxy) is 2. The van der Waals surface area contributed by atoms with Crippen LogP contribution in [0.15, 0.2) is 12.2 Å². The summed E-state index contributed by atoms with van der Waals surface area (Å²) >= 11 is 0. The molecule has 22 heavy (non-hydrogen) atoms. The Morgan fingerprint density at radius 3 is 1.68 bits per heavy atom. The number of carbonyl (C=O) groups is 2. The predicted molar refractivity (Wildman–Crippen MR) is 86.2 cm³/mol. The van der Waals surface area contributed by atoms with Crippen molar-refractivity contribution in [3.8, 4) is 0 Å². The summed E-state index contributed by atoms with van der Waals surface area (Å²) in [4.78, 5) is 24.7. The lowest BCUT2D eigenvalue weighted by Crippen LogP contribution is -2.31. The molecular weight excluding hydrogens is 280 g/mol. The molecule has 0 saturated heterocycles. The Kier molecular flexibility index (Phi) is 5.47. The second-order valence-corrected chi connectivity index (χ2v) is 8.29. The van der Waals surface area contributed by atoms with Crippen LogP contribution in [-0.2, 0) is 19.1 Å². The Balaban J connectivity index is 2.83. The molecule has 0 spiro atoms. The van der Waals surface area contributed by atoms with Gasteiger partial charge in [0.25, 0.3) is 0 Å². The minimum Gasteiger partial charge on any atom is -0.460 e. The summed E-state index contributed by atoms with van der Waals surface area (Å²) in [6.07, 6.45) is 1.08. The van der Waals surface area contributed by atoms with Gasteiger partial charge in [0.1, 0.15) is 11.2 Å². The standard InChI is InChI=1S/C18H30O4/c1-11(2)13-9-12(15(19)21-17(3,4)5)10-14(13)16(20)22-18(6,7)8/h12-14H,1,9-10H2,2-8H3/t12-,13-,14+/m0/s1. The average Bonchev–Trinajstić information content (AvgIpc) is 2.68. The van der Waals surface area contributed by atoms with Gasteiger partial charge in [-0.25, -0.2) is 0 Å². The number of esters is 2. The van der Waals surface area contributed by atoms with E-state index >= 15 is 0 Å². The zero-order valence-corrected chi connectivity index (χ0v) is 15.0. The summed E-state index contributed by atoms with van der Waals surface area (Å²) in [5.41, 5.74) is -0.123. The van der Waals surface area contributed by atoms with Crippen molar-refractivity contribution < 1.29 is 19.1 Å². The van der Waals surface area contributed by atoms with E-state index in [1.54, 1.807) is 0 Å². The lowest BCUT2D eigenvalue weighted by atomic mass is 9.90. The number of carbonyl (C=O) groups excluding carboxylic acids is 2. The number of hydrogen-bond acceptors (Lipinski definition) is 4. The highest BCUT2D eigenvalue weighted by Crippen LogP contribution is 2.42. The zero-order chi connectivity index (χ0) is 17.3. The maximum Gasteiger partial charge on any atom is 0.310 e. The highest BCUT2D eigenvalue weighted by Gasteiger charge is 2.44. The largest absolute Gasteiger partial charge is 0.460 e. The van der Waals surface area contributed by atoms with Gasteiger partial charge in [0, 0.05) is 0 Å². The highest BCUT2D eigenvalue weighted by molar-refractivity contribution is 5.78. The molecule has 4 nitrogen and oxygen atoms in total. The van der Waals surface area contributed by atoms with Gasteiger partial charge in [-0.3, -0.25) is 9.59 Å². The second-order valence-electron chi connectivity index (χ2n) is 8.29. The molecule has 126 valence electrons. The van der Waals surface area contributed by atoms with Crippen molar-refractivity contribution in [3.63, 3.8) is 0 Å². The fourth-order valence-corrected chi connectivity index (χ4v) is 2.80. The second kappa shape index (κ2) is 6.43. The van der Waals surface area contributed by atoms with Crippen molar-refractivity contribution in [1.29, 1.82) is 0 Å². The first-order chi connectivity index (χ1) is 9.80. The van der Waals surface area contributed by atoms with Crippen molar-refractivity contribution in [2.75, 3.05) is 0 Å². The van der Waals surface area contributed by atoms with E-state index in [2.05, 4.69) is 6.58 Å². The third-order valence-corrected chi connectivity index (χ3v) is 3.65. The molecule has 0 aromatic rings. The van der Waals surface area contributed by atoms with Crippen molar-refractivity contribution in [3.05, 3.63) is 12.2 Å². The van der Waals surface area contributed by atoms with Gasteiger partial charge in [-0.05, 0) is 67.2 Å². The normalized spacial score (nSPS) is 25.7. The smallest absolute Gasteiger partial charge is 0.310 e. The van der Waals surface area contributed by atoms with Gasteiger partial charge in [0.15, 0.2) is 0 Å². The molecule has 3 atom stereocenters. The molecule has 1 rings (SSSR count). The maximum atomic E-state index is 12.4. The first-order valence-corrected chi connectivity index (χ1v) is 7.91. The molecule has 0 aromatic carbocycles. The van der Waals surface area contributed by atoms with Gasteiger partial charge < -0.3 is 9.47 Å². The molecule has 0 unspecified atom stereocenters. The Labute approximate surface area is 134 Å². The average molecular weight is 310 g/mol. The number of rotatable bonds is 3. The van der Waals surface area contributed by atoms with E-state index in [-0.39, 0.29) is 29.7 Å². The SMILES string of the molecule is C=C(C)[C@@H]1C[C@H](C(=O)OC(C)(C)C)C[C@H]1C(=O)OC(C)(C)C. The molecule has 1 aliphatic carbocycles. The van der Waals surface area contributed by atoms with Crippen LogP contribution in [0, 0.1) is 17.8 Å². The lowest BCUT2D eigenvalue weighted by Gasteiger charge is -2.25. The lowest BCUT2D eigenvalue weighted by molar-refractivity contribution is -0.161. The number of hydrogen-bond donors (Lipinski definition) is 0. The molecule has 0 radical (unpaired) electrons. The Bertz CT molecular complexity index is 451. The van der Waals surface area contributed by atoms with Crippen LogP contribution in [0.25, 0.3) is 0 Å². The Hall–Kier alpha value is -1.32. The topological polar surface area (TPSA) is 52.6 Å². The monoisotopic (exact) mass is 310 g/mol. The summed E-state index contributed by atoms with van der Waals surface area (Å²) in [6.45, 7) is 17.0. The Morgan fingerprint density at radius 2 is 1.27 bits per heavy atom. The van der Waals surface area contributed by atoms with Gasteiger partial charge in [-0.2, -0.15) is 0 Å². The van der Waals surface area contributed by atoms with Crippen LogP contribution in [0.1, 0.15) is 61.3 Å². The van der Waals surface area contributed by atoms with Crippen molar-refractivity contribution in [2.45, 2.75) is 72.5 Å². The molecule has 0 N–H and O–H groups in total. The summed E-state index contributed by atoms with van der Waals surface area (Å²) in [5, 5.41) is 0. The first-order valence-electron chi connectivity index (χ1n) is 7.91. The molecule has 0 heterocycles. The van der Waals surface area contributed by atoms with E-state index < -0.39 is 11.2 Å².